The average Bonchev–Trinajstić information content (AvgIpc) is 3.22. The predicted octanol–water partition coefficient (Wildman–Crippen LogP) is 4.61. The highest BCUT2D eigenvalue weighted by molar-refractivity contribution is 6.32. The molecule has 2 heterocycles. The zero-order chi connectivity index (χ0) is 21.2. The Bertz CT molecular complexity index is 1260. The maximum atomic E-state index is 12.5. The molecule has 0 radical (unpaired) electrons. The van der Waals surface area contributed by atoms with Gasteiger partial charge in [0.05, 0.1) is 18.0 Å². The molecular weight excluding hydrogens is 410 g/mol. The molecule has 1 aliphatic heterocycles. The summed E-state index contributed by atoms with van der Waals surface area (Å²) in [4.78, 5) is 20.6. The van der Waals surface area contributed by atoms with Gasteiger partial charge in [0.15, 0.2) is 0 Å². The number of benzene rings is 3. The van der Waals surface area contributed by atoms with Crippen LogP contribution in [0.2, 0.25) is 5.02 Å². The molecule has 31 heavy (non-hydrogen) atoms. The van der Waals surface area contributed by atoms with Gasteiger partial charge in [0.2, 0.25) is 5.91 Å². The molecule has 0 spiro atoms. The van der Waals surface area contributed by atoms with Crippen LogP contribution in [0.3, 0.4) is 0 Å². The number of amides is 1. The second-order valence-electron chi connectivity index (χ2n) is 7.68. The summed E-state index contributed by atoms with van der Waals surface area (Å²) in [5.74, 6) is 0.666. The quantitative estimate of drug-likeness (QED) is 0.503. The molecule has 0 fully saturated rings. The van der Waals surface area contributed by atoms with Gasteiger partial charge in [0.25, 0.3) is 0 Å². The summed E-state index contributed by atoms with van der Waals surface area (Å²) in [6, 6.07) is 18.2. The second kappa shape index (κ2) is 8.36. The van der Waals surface area contributed by atoms with Crippen LogP contribution in [0.25, 0.3) is 21.9 Å². The Morgan fingerprint density at radius 2 is 1.84 bits per heavy atom. The van der Waals surface area contributed by atoms with Crippen molar-refractivity contribution in [3.05, 3.63) is 89.5 Å². The molecule has 4 aromatic rings. The fraction of sp³-hybridized carbons (Fsp3) is 0.160. The third-order valence-electron chi connectivity index (χ3n) is 5.45. The Labute approximate surface area is 185 Å². The van der Waals surface area contributed by atoms with E-state index in [9.17, 15) is 4.79 Å². The van der Waals surface area contributed by atoms with E-state index in [2.05, 4.69) is 39.6 Å². The SMILES string of the molecule is O=C(Cc1ccc2ccccc2c1)NC[C@H]1Cc2cc(-c3cncnc3)cc(Cl)c2O1. The predicted molar refractivity (Wildman–Crippen MR) is 121 cm³/mol. The van der Waals surface area contributed by atoms with Gasteiger partial charge >= 0.3 is 0 Å². The van der Waals surface area contributed by atoms with Crippen molar-refractivity contribution in [2.75, 3.05) is 6.54 Å². The van der Waals surface area contributed by atoms with Crippen LogP contribution in [0, 0.1) is 0 Å². The highest BCUT2D eigenvalue weighted by Gasteiger charge is 2.26. The zero-order valence-corrected chi connectivity index (χ0v) is 17.5. The molecule has 5 nitrogen and oxygen atoms in total. The third kappa shape index (κ3) is 4.23. The molecule has 0 unspecified atom stereocenters. The Balaban J connectivity index is 1.21. The second-order valence-corrected chi connectivity index (χ2v) is 8.09. The molecule has 6 heteroatoms. The summed E-state index contributed by atoms with van der Waals surface area (Å²) in [6.45, 7) is 0.432. The van der Waals surface area contributed by atoms with Gasteiger partial charge in [0, 0.05) is 29.9 Å². The highest BCUT2D eigenvalue weighted by Crippen LogP contribution is 2.39. The van der Waals surface area contributed by atoms with Crippen molar-refractivity contribution in [3.63, 3.8) is 0 Å². The van der Waals surface area contributed by atoms with E-state index in [1.807, 2.05) is 30.3 Å². The monoisotopic (exact) mass is 429 g/mol. The van der Waals surface area contributed by atoms with Crippen LogP contribution in [0.4, 0.5) is 0 Å². The fourth-order valence-electron chi connectivity index (χ4n) is 3.94. The number of rotatable bonds is 5. The van der Waals surface area contributed by atoms with Crippen LogP contribution in [0.15, 0.2) is 73.3 Å². The molecule has 1 N–H and O–H groups in total. The van der Waals surface area contributed by atoms with Gasteiger partial charge in [-0.1, -0.05) is 54.1 Å². The van der Waals surface area contributed by atoms with Crippen molar-refractivity contribution in [2.45, 2.75) is 18.9 Å². The molecular formula is C25H20ClN3O2. The molecule has 3 aromatic carbocycles. The Hall–Kier alpha value is -3.44. The first-order valence-electron chi connectivity index (χ1n) is 10.1. The van der Waals surface area contributed by atoms with Crippen LogP contribution in [-0.2, 0) is 17.6 Å². The van der Waals surface area contributed by atoms with Gasteiger partial charge in [-0.25, -0.2) is 9.97 Å². The van der Waals surface area contributed by atoms with Gasteiger partial charge in [0.1, 0.15) is 18.2 Å². The summed E-state index contributed by atoms with van der Waals surface area (Å²) in [5, 5.41) is 5.86. The standard InChI is InChI=1S/C25H20ClN3O2/c26-23-11-19(21-12-27-15-28-13-21)9-20-10-22(31-25(20)23)14-29-24(30)8-16-5-6-17-3-1-2-4-18(17)7-16/h1-7,9,11-13,15,22H,8,10,14H2,(H,29,30)/t22-/m1/s1. The molecule has 0 saturated heterocycles. The van der Waals surface area contributed by atoms with E-state index in [0.717, 1.165) is 27.6 Å². The lowest BCUT2D eigenvalue weighted by atomic mass is 10.0. The van der Waals surface area contributed by atoms with Crippen LogP contribution in [-0.4, -0.2) is 28.5 Å². The van der Waals surface area contributed by atoms with Crippen molar-refractivity contribution in [2.24, 2.45) is 0 Å². The normalized spacial score (nSPS) is 14.8. The summed E-state index contributed by atoms with van der Waals surface area (Å²) < 4.78 is 6.01. The van der Waals surface area contributed by atoms with Crippen molar-refractivity contribution >= 4 is 28.3 Å². The molecule has 5 rings (SSSR count). The van der Waals surface area contributed by atoms with E-state index in [4.69, 9.17) is 16.3 Å². The number of nitrogens with zero attached hydrogens (tertiary/aromatic N) is 2. The van der Waals surface area contributed by atoms with Gasteiger partial charge in [-0.15, -0.1) is 0 Å². The maximum Gasteiger partial charge on any atom is 0.224 e. The minimum atomic E-state index is -0.143. The molecule has 0 bridgehead atoms. The smallest absolute Gasteiger partial charge is 0.224 e. The number of hydrogen-bond donors (Lipinski definition) is 1. The summed E-state index contributed by atoms with van der Waals surface area (Å²) >= 11 is 6.45. The first-order chi connectivity index (χ1) is 15.2. The van der Waals surface area contributed by atoms with E-state index in [0.29, 0.717) is 30.2 Å². The molecule has 0 saturated carbocycles. The number of ether oxygens (including phenoxy) is 1. The number of nitrogens with one attached hydrogen (secondary N) is 1. The van der Waals surface area contributed by atoms with Crippen LogP contribution >= 0.6 is 11.6 Å². The first kappa shape index (κ1) is 19.5. The fourth-order valence-corrected chi connectivity index (χ4v) is 4.22. The van der Waals surface area contributed by atoms with E-state index in [-0.39, 0.29) is 12.0 Å². The van der Waals surface area contributed by atoms with Crippen LogP contribution in [0.1, 0.15) is 11.1 Å². The minimum Gasteiger partial charge on any atom is -0.486 e. The zero-order valence-electron chi connectivity index (χ0n) is 16.7. The van der Waals surface area contributed by atoms with Crippen molar-refractivity contribution < 1.29 is 9.53 Å². The number of aromatic nitrogens is 2. The van der Waals surface area contributed by atoms with Crippen molar-refractivity contribution in [1.82, 2.24) is 15.3 Å². The first-order valence-corrected chi connectivity index (χ1v) is 10.5. The van der Waals surface area contributed by atoms with Crippen LogP contribution < -0.4 is 10.1 Å². The van der Waals surface area contributed by atoms with Gasteiger partial charge in [-0.05, 0) is 34.0 Å². The topological polar surface area (TPSA) is 64.1 Å². The van der Waals surface area contributed by atoms with Gasteiger partial charge in [-0.3, -0.25) is 4.79 Å². The molecule has 1 aromatic heterocycles. The van der Waals surface area contributed by atoms with E-state index >= 15 is 0 Å². The third-order valence-corrected chi connectivity index (χ3v) is 5.73. The van der Waals surface area contributed by atoms with Crippen LogP contribution in [0.5, 0.6) is 5.75 Å². The molecule has 0 aliphatic carbocycles. The van der Waals surface area contributed by atoms with Gasteiger partial charge < -0.3 is 10.1 Å². The number of hydrogen-bond acceptors (Lipinski definition) is 4. The lowest BCUT2D eigenvalue weighted by molar-refractivity contribution is -0.120. The van der Waals surface area contributed by atoms with Gasteiger partial charge in [-0.2, -0.15) is 0 Å². The molecule has 1 atom stereocenters. The van der Waals surface area contributed by atoms with Crippen molar-refractivity contribution in [1.29, 1.82) is 0 Å². The van der Waals surface area contributed by atoms with E-state index < -0.39 is 0 Å². The number of halogens is 1. The number of carbonyl (C=O) groups excluding carboxylic acids is 1. The van der Waals surface area contributed by atoms with Crippen molar-refractivity contribution in [3.8, 4) is 16.9 Å². The number of fused-ring (bicyclic) bond motifs is 2. The van der Waals surface area contributed by atoms with E-state index in [1.54, 1.807) is 12.4 Å². The maximum absolute atomic E-state index is 12.5. The molecule has 1 amide bonds. The summed E-state index contributed by atoms with van der Waals surface area (Å²) in [5.41, 5.74) is 3.87. The molecule has 1 aliphatic rings. The highest BCUT2D eigenvalue weighted by atomic mass is 35.5. The summed E-state index contributed by atoms with van der Waals surface area (Å²) in [6.07, 6.45) is 5.89. The lowest BCUT2D eigenvalue weighted by Gasteiger charge is -2.12. The van der Waals surface area contributed by atoms with E-state index in [1.165, 1.54) is 11.7 Å². The Morgan fingerprint density at radius 1 is 1.03 bits per heavy atom. The lowest BCUT2D eigenvalue weighted by Crippen LogP contribution is -2.35. The minimum absolute atomic E-state index is 0.0249. The Kier molecular flexibility index (Phi) is 5.26. The largest absolute Gasteiger partial charge is 0.486 e. The number of carbonyl (C=O) groups is 1. The average molecular weight is 430 g/mol. The molecule has 154 valence electrons. The Morgan fingerprint density at radius 3 is 2.68 bits per heavy atom. The summed E-state index contributed by atoms with van der Waals surface area (Å²) in [7, 11) is 0.